The Labute approximate surface area is 109 Å². The van der Waals surface area contributed by atoms with Crippen molar-refractivity contribution in [3.05, 3.63) is 29.8 Å². The molecular weight excluding hydrogens is 230 g/mol. The fraction of sp³-hybridized carbons (Fsp3) is 0.500. The number of likely N-dealkylation sites (N-methyl/N-ethyl adjacent to an activating group) is 1. The Morgan fingerprint density at radius 1 is 1.22 bits per heavy atom. The van der Waals surface area contributed by atoms with Crippen LogP contribution in [0.25, 0.3) is 0 Å². The zero-order valence-electron chi connectivity index (χ0n) is 11.8. The number of methoxy groups -OCH3 is 1. The van der Waals surface area contributed by atoms with Gasteiger partial charge in [-0.05, 0) is 31.2 Å². The summed E-state index contributed by atoms with van der Waals surface area (Å²) in [6.45, 7) is 2.69. The molecule has 0 aromatic heterocycles. The molecule has 0 N–H and O–H groups in total. The molecule has 0 amide bonds. The molecule has 100 valence electrons. The maximum absolute atomic E-state index is 11.9. The molecule has 0 saturated heterocycles. The van der Waals surface area contributed by atoms with E-state index >= 15 is 0 Å². The van der Waals surface area contributed by atoms with Crippen molar-refractivity contribution in [3.63, 3.8) is 0 Å². The van der Waals surface area contributed by atoms with Gasteiger partial charge in [0.25, 0.3) is 0 Å². The third-order valence-electron chi connectivity index (χ3n) is 2.44. The minimum Gasteiger partial charge on any atom is -0.497 e. The molecule has 1 aromatic rings. The Kier molecular flexibility index (Phi) is 4.73. The van der Waals surface area contributed by atoms with E-state index in [0.29, 0.717) is 5.56 Å². The zero-order valence-corrected chi connectivity index (χ0v) is 11.8. The standard InChI is InChI=1S/C14H22NO3/c1-11(10-15(2,3)4)18-14(16)12-6-8-13(17-5)9-7-12/h6-9,11H,10H2,1-5H3/q+1/t11-/m0/s1. The van der Waals surface area contributed by atoms with Crippen molar-refractivity contribution < 1.29 is 18.8 Å². The second-order valence-electron chi connectivity index (χ2n) is 5.42. The molecule has 0 unspecified atom stereocenters. The largest absolute Gasteiger partial charge is 0.497 e. The highest BCUT2D eigenvalue weighted by Crippen LogP contribution is 2.13. The van der Waals surface area contributed by atoms with Crippen LogP contribution in [-0.2, 0) is 4.74 Å². The van der Waals surface area contributed by atoms with E-state index < -0.39 is 0 Å². The molecule has 1 atom stereocenters. The molecule has 0 saturated carbocycles. The van der Waals surface area contributed by atoms with Crippen LogP contribution >= 0.6 is 0 Å². The van der Waals surface area contributed by atoms with Crippen molar-refractivity contribution in [1.29, 1.82) is 0 Å². The highest BCUT2D eigenvalue weighted by molar-refractivity contribution is 5.89. The fourth-order valence-electron chi connectivity index (χ4n) is 1.79. The van der Waals surface area contributed by atoms with Crippen LogP contribution in [0.4, 0.5) is 0 Å². The lowest BCUT2D eigenvalue weighted by Crippen LogP contribution is -2.41. The predicted molar refractivity (Wildman–Crippen MR) is 70.8 cm³/mol. The molecule has 0 spiro atoms. The van der Waals surface area contributed by atoms with Crippen molar-refractivity contribution in [3.8, 4) is 5.75 Å². The maximum atomic E-state index is 11.9. The topological polar surface area (TPSA) is 35.5 Å². The first kappa shape index (κ1) is 14.5. The number of nitrogens with zero attached hydrogens (tertiary/aromatic N) is 1. The van der Waals surface area contributed by atoms with Crippen LogP contribution in [0.2, 0.25) is 0 Å². The van der Waals surface area contributed by atoms with Crippen molar-refractivity contribution in [1.82, 2.24) is 0 Å². The van der Waals surface area contributed by atoms with Gasteiger partial charge in [-0.2, -0.15) is 0 Å². The zero-order chi connectivity index (χ0) is 13.8. The van der Waals surface area contributed by atoms with Crippen molar-refractivity contribution in [2.75, 3.05) is 34.8 Å². The van der Waals surface area contributed by atoms with E-state index in [1.807, 2.05) is 6.92 Å². The number of carbonyl (C=O) groups is 1. The number of esters is 1. The Morgan fingerprint density at radius 2 is 1.78 bits per heavy atom. The first-order valence-corrected chi connectivity index (χ1v) is 5.97. The molecule has 4 heteroatoms. The lowest BCUT2D eigenvalue weighted by atomic mass is 10.2. The van der Waals surface area contributed by atoms with E-state index in [9.17, 15) is 4.79 Å². The maximum Gasteiger partial charge on any atom is 0.338 e. The summed E-state index contributed by atoms with van der Waals surface area (Å²) in [6.07, 6.45) is -0.111. The van der Waals surface area contributed by atoms with E-state index in [0.717, 1.165) is 16.8 Å². The molecule has 0 fully saturated rings. The number of ether oxygens (including phenoxy) is 2. The molecular formula is C14H22NO3+. The smallest absolute Gasteiger partial charge is 0.338 e. The minimum absolute atomic E-state index is 0.111. The average molecular weight is 252 g/mol. The van der Waals surface area contributed by atoms with Crippen LogP contribution in [0.5, 0.6) is 5.75 Å². The van der Waals surface area contributed by atoms with Gasteiger partial charge >= 0.3 is 5.97 Å². The number of hydrogen-bond donors (Lipinski definition) is 0. The molecule has 0 radical (unpaired) electrons. The SMILES string of the molecule is COc1ccc(C(=O)O[C@@H](C)C[N+](C)(C)C)cc1. The van der Waals surface area contributed by atoms with Crippen LogP contribution in [0.15, 0.2) is 24.3 Å². The quantitative estimate of drug-likeness (QED) is 0.593. The van der Waals surface area contributed by atoms with Crippen LogP contribution in [-0.4, -0.2) is 51.4 Å². The van der Waals surface area contributed by atoms with Crippen LogP contribution < -0.4 is 4.74 Å². The Hall–Kier alpha value is -1.55. The highest BCUT2D eigenvalue weighted by atomic mass is 16.5. The summed E-state index contributed by atoms with van der Waals surface area (Å²) < 4.78 is 11.2. The number of benzene rings is 1. The van der Waals surface area contributed by atoms with Crippen molar-refractivity contribution in [2.45, 2.75) is 13.0 Å². The van der Waals surface area contributed by atoms with Crippen molar-refractivity contribution in [2.24, 2.45) is 0 Å². The summed E-state index contributed by atoms with van der Waals surface area (Å²) in [5.74, 6) is 0.435. The highest BCUT2D eigenvalue weighted by Gasteiger charge is 2.18. The van der Waals surface area contributed by atoms with Gasteiger partial charge in [-0.15, -0.1) is 0 Å². The predicted octanol–water partition coefficient (Wildman–Crippen LogP) is 1.95. The summed E-state index contributed by atoms with van der Waals surface area (Å²) in [4.78, 5) is 11.9. The third kappa shape index (κ3) is 4.75. The molecule has 1 aromatic carbocycles. The van der Waals surface area contributed by atoms with Gasteiger partial charge in [-0.25, -0.2) is 4.79 Å². The van der Waals surface area contributed by atoms with Crippen LogP contribution in [0, 0.1) is 0 Å². The summed E-state index contributed by atoms with van der Waals surface area (Å²) in [6, 6.07) is 6.92. The van der Waals surface area contributed by atoms with Gasteiger partial charge in [0.15, 0.2) is 0 Å². The van der Waals surface area contributed by atoms with Gasteiger partial charge in [0.2, 0.25) is 0 Å². The number of carbonyl (C=O) groups excluding carboxylic acids is 1. The molecule has 18 heavy (non-hydrogen) atoms. The van der Waals surface area contributed by atoms with Gasteiger partial charge in [-0.1, -0.05) is 0 Å². The number of hydrogen-bond acceptors (Lipinski definition) is 3. The summed E-state index contributed by atoms with van der Waals surface area (Å²) >= 11 is 0. The number of rotatable bonds is 5. The molecule has 0 heterocycles. The van der Waals surface area contributed by atoms with Gasteiger partial charge in [-0.3, -0.25) is 0 Å². The monoisotopic (exact) mass is 252 g/mol. The van der Waals surface area contributed by atoms with E-state index in [1.165, 1.54) is 0 Å². The van der Waals surface area contributed by atoms with Gasteiger partial charge in [0.1, 0.15) is 18.4 Å². The van der Waals surface area contributed by atoms with Gasteiger partial charge < -0.3 is 14.0 Å². The first-order chi connectivity index (χ1) is 8.31. The third-order valence-corrected chi connectivity index (χ3v) is 2.44. The first-order valence-electron chi connectivity index (χ1n) is 5.97. The van der Waals surface area contributed by atoms with Crippen molar-refractivity contribution >= 4 is 5.97 Å². The fourth-order valence-corrected chi connectivity index (χ4v) is 1.79. The molecule has 4 nitrogen and oxygen atoms in total. The summed E-state index contributed by atoms with van der Waals surface area (Å²) in [5.41, 5.74) is 0.545. The van der Waals surface area contributed by atoms with Gasteiger partial charge in [0.05, 0.1) is 33.8 Å². The second kappa shape index (κ2) is 5.87. The van der Waals surface area contributed by atoms with E-state index in [-0.39, 0.29) is 12.1 Å². The van der Waals surface area contributed by atoms with E-state index in [1.54, 1.807) is 31.4 Å². The van der Waals surface area contributed by atoms with Gasteiger partial charge in [0, 0.05) is 0 Å². The molecule has 0 aliphatic heterocycles. The lowest BCUT2D eigenvalue weighted by Gasteiger charge is -2.27. The van der Waals surface area contributed by atoms with E-state index in [4.69, 9.17) is 9.47 Å². The molecule has 0 bridgehead atoms. The minimum atomic E-state index is -0.293. The molecule has 1 rings (SSSR count). The van der Waals surface area contributed by atoms with Crippen LogP contribution in [0.3, 0.4) is 0 Å². The average Bonchev–Trinajstić information content (AvgIpc) is 2.26. The summed E-state index contributed by atoms with van der Waals surface area (Å²) in [5, 5.41) is 0. The van der Waals surface area contributed by atoms with Crippen LogP contribution in [0.1, 0.15) is 17.3 Å². The molecule has 0 aliphatic rings. The summed E-state index contributed by atoms with van der Waals surface area (Å²) in [7, 11) is 7.80. The normalized spacial score (nSPS) is 12.9. The Morgan fingerprint density at radius 3 is 2.22 bits per heavy atom. The van der Waals surface area contributed by atoms with E-state index in [2.05, 4.69) is 21.1 Å². The Balaban J connectivity index is 2.59. The molecule has 0 aliphatic carbocycles. The number of quaternary nitrogens is 1. The second-order valence-corrected chi connectivity index (χ2v) is 5.42. The Bertz CT molecular complexity index is 392. The lowest BCUT2D eigenvalue weighted by molar-refractivity contribution is -0.873.